The summed E-state index contributed by atoms with van der Waals surface area (Å²) in [6.07, 6.45) is 6.20. The van der Waals surface area contributed by atoms with Crippen molar-refractivity contribution in [2.45, 2.75) is 64.7 Å². The highest BCUT2D eigenvalue weighted by atomic mass is 35.5. The molecule has 0 aliphatic heterocycles. The Morgan fingerprint density at radius 3 is 2.44 bits per heavy atom. The summed E-state index contributed by atoms with van der Waals surface area (Å²) in [7, 11) is 0. The van der Waals surface area contributed by atoms with Crippen LogP contribution in [0.2, 0.25) is 0 Å². The minimum absolute atomic E-state index is 0.202. The van der Waals surface area contributed by atoms with Crippen LogP contribution >= 0.6 is 11.6 Å². The Morgan fingerprint density at radius 2 is 1.94 bits per heavy atom. The molecule has 0 bridgehead atoms. The van der Waals surface area contributed by atoms with Crippen LogP contribution in [-0.2, 0) is 4.79 Å². The summed E-state index contributed by atoms with van der Waals surface area (Å²) < 4.78 is 0. The maximum Gasteiger partial charge on any atom is 0.223 e. The Labute approximate surface area is 105 Å². The first-order valence-corrected chi connectivity index (χ1v) is 6.97. The van der Waals surface area contributed by atoms with Gasteiger partial charge in [-0.15, -0.1) is 11.6 Å². The second-order valence-electron chi connectivity index (χ2n) is 4.46. The van der Waals surface area contributed by atoms with E-state index in [-0.39, 0.29) is 17.2 Å². The summed E-state index contributed by atoms with van der Waals surface area (Å²) in [4.78, 5) is 11.8. The number of carbonyl (C=O) groups excluding carboxylic acids is 1. The van der Waals surface area contributed by atoms with E-state index in [2.05, 4.69) is 19.2 Å². The monoisotopic (exact) mass is 247 g/mol. The van der Waals surface area contributed by atoms with Crippen LogP contribution in [-0.4, -0.2) is 17.8 Å². The molecule has 0 saturated heterocycles. The van der Waals surface area contributed by atoms with Crippen LogP contribution in [0.1, 0.15) is 59.3 Å². The van der Waals surface area contributed by atoms with Gasteiger partial charge in [-0.25, -0.2) is 0 Å². The summed E-state index contributed by atoms with van der Waals surface area (Å²) in [6.45, 7) is 6.99. The smallest absolute Gasteiger partial charge is 0.223 e. The van der Waals surface area contributed by atoms with Crippen molar-refractivity contribution in [2.75, 3.05) is 6.54 Å². The lowest BCUT2D eigenvalue weighted by molar-refractivity contribution is -0.125. The van der Waals surface area contributed by atoms with Gasteiger partial charge in [-0.2, -0.15) is 0 Å². The first-order chi connectivity index (χ1) is 7.61. The zero-order valence-electron chi connectivity index (χ0n) is 10.9. The van der Waals surface area contributed by atoms with Crippen molar-refractivity contribution < 1.29 is 4.79 Å². The molecule has 16 heavy (non-hydrogen) atoms. The molecule has 0 spiro atoms. The molecule has 2 nitrogen and oxygen atoms in total. The number of hydrogen-bond acceptors (Lipinski definition) is 1. The second-order valence-corrected chi connectivity index (χ2v) is 5.21. The molecule has 0 fully saturated rings. The Kier molecular flexibility index (Phi) is 9.80. The number of amides is 1. The van der Waals surface area contributed by atoms with Gasteiger partial charge >= 0.3 is 0 Å². The van der Waals surface area contributed by atoms with Crippen molar-refractivity contribution in [1.29, 1.82) is 0 Å². The maximum atomic E-state index is 11.8. The third kappa shape index (κ3) is 7.98. The van der Waals surface area contributed by atoms with Gasteiger partial charge in [-0.05, 0) is 32.6 Å². The molecule has 1 N–H and O–H groups in total. The highest BCUT2D eigenvalue weighted by molar-refractivity contribution is 6.20. The van der Waals surface area contributed by atoms with Crippen molar-refractivity contribution in [3.8, 4) is 0 Å². The number of halogens is 1. The van der Waals surface area contributed by atoms with E-state index in [9.17, 15) is 4.79 Å². The zero-order chi connectivity index (χ0) is 12.4. The predicted octanol–water partition coefficient (Wildman–Crippen LogP) is 3.73. The Hall–Kier alpha value is -0.240. The number of rotatable bonds is 9. The molecule has 0 radical (unpaired) electrons. The first kappa shape index (κ1) is 15.8. The SMILES string of the molecule is CCCCC(CC)C(=O)NCCCC(C)Cl. The fourth-order valence-electron chi connectivity index (χ4n) is 1.71. The molecule has 0 rings (SSSR count). The molecule has 96 valence electrons. The van der Waals surface area contributed by atoms with E-state index in [1.165, 1.54) is 0 Å². The van der Waals surface area contributed by atoms with Crippen LogP contribution in [0.5, 0.6) is 0 Å². The van der Waals surface area contributed by atoms with E-state index in [4.69, 9.17) is 11.6 Å². The summed E-state index contributed by atoms with van der Waals surface area (Å²) in [5, 5.41) is 3.21. The number of alkyl halides is 1. The normalized spacial score (nSPS) is 14.5. The number of nitrogens with one attached hydrogen (secondary N) is 1. The highest BCUT2D eigenvalue weighted by Gasteiger charge is 2.14. The highest BCUT2D eigenvalue weighted by Crippen LogP contribution is 2.12. The van der Waals surface area contributed by atoms with E-state index in [1.54, 1.807) is 0 Å². The van der Waals surface area contributed by atoms with Gasteiger partial charge in [-0.3, -0.25) is 4.79 Å². The lowest BCUT2D eigenvalue weighted by Crippen LogP contribution is -2.31. The summed E-state index contributed by atoms with van der Waals surface area (Å²) in [6, 6.07) is 0. The van der Waals surface area contributed by atoms with E-state index < -0.39 is 0 Å². The minimum Gasteiger partial charge on any atom is -0.356 e. The first-order valence-electron chi connectivity index (χ1n) is 6.53. The number of carbonyl (C=O) groups is 1. The molecule has 0 aliphatic rings. The van der Waals surface area contributed by atoms with Gasteiger partial charge in [0.15, 0.2) is 0 Å². The van der Waals surface area contributed by atoms with E-state index in [0.29, 0.717) is 0 Å². The molecule has 2 unspecified atom stereocenters. The molecular formula is C13H26ClNO. The summed E-state index contributed by atoms with van der Waals surface area (Å²) in [5.74, 6) is 0.423. The van der Waals surface area contributed by atoms with E-state index in [0.717, 1.165) is 45.1 Å². The Morgan fingerprint density at radius 1 is 1.25 bits per heavy atom. The lowest BCUT2D eigenvalue weighted by Gasteiger charge is -2.14. The Balaban J connectivity index is 3.66. The van der Waals surface area contributed by atoms with Crippen LogP contribution < -0.4 is 5.32 Å². The van der Waals surface area contributed by atoms with E-state index in [1.807, 2.05) is 6.92 Å². The molecular weight excluding hydrogens is 222 g/mol. The summed E-state index contributed by atoms with van der Waals surface area (Å²) in [5.41, 5.74) is 0. The fourth-order valence-corrected chi connectivity index (χ4v) is 1.86. The topological polar surface area (TPSA) is 29.1 Å². The van der Waals surface area contributed by atoms with Crippen LogP contribution in [0.15, 0.2) is 0 Å². The molecule has 1 amide bonds. The molecule has 0 aromatic carbocycles. The molecule has 0 heterocycles. The third-order valence-corrected chi connectivity index (χ3v) is 3.07. The van der Waals surface area contributed by atoms with Gasteiger partial charge in [0.25, 0.3) is 0 Å². The van der Waals surface area contributed by atoms with Crippen LogP contribution in [0, 0.1) is 5.92 Å². The summed E-state index contributed by atoms with van der Waals surface area (Å²) >= 11 is 5.84. The Bertz CT molecular complexity index is 183. The zero-order valence-corrected chi connectivity index (χ0v) is 11.6. The van der Waals surface area contributed by atoms with Gasteiger partial charge < -0.3 is 5.32 Å². The largest absolute Gasteiger partial charge is 0.356 e. The quantitative estimate of drug-likeness (QED) is 0.488. The molecule has 3 heteroatoms. The molecule has 0 saturated carbocycles. The second kappa shape index (κ2) is 9.95. The third-order valence-electron chi connectivity index (χ3n) is 2.85. The number of hydrogen-bond donors (Lipinski definition) is 1. The van der Waals surface area contributed by atoms with Crippen molar-refractivity contribution >= 4 is 17.5 Å². The number of unbranched alkanes of at least 4 members (excludes halogenated alkanes) is 1. The van der Waals surface area contributed by atoms with Crippen molar-refractivity contribution in [3.63, 3.8) is 0 Å². The van der Waals surface area contributed by atoms with Crippen LogP contribution in [0.4, 0.5) is 0 Å². The lowest BCUT2D eigenvalue weighted by atomic mass is 9.98. The average molecular weight is 248 g/mol. The van der Waals surface area contributed by atoms with Crippen LogP contribution in [0.3, 0.4) is 0 Å². The predicted molar refractivity (Wildman–Crippen MR) is 70.9 cm³/mol. The van der Waals surface area contributed by atoms with Crippen LogP contribution in [0.25, 0.3) is 0 Å². The maximum absolute atomic E-state index is 11.8. The van der Waals surface area contributed by atoms with Gasteiger partial charge in [0.05, 0.1) is 0 Å². The van der Waals surface area contributed by atoms with Gasteiger partial charge in [-0.1, -0.05) is 26.7 Å². The minimum atomic E-state index is 0.202. The van der Waals surface area contributed by atoms with Crippen molar-refractivity contribution in [1.82, 2.24) is 5.32 Å². The van der Waals surface area contributed by atoms with Gasteiger partial charge in [0.1, 0.15) is 0 Å². The van der Waals surface area contributed by atoms with Gasteiger partial charge in [0.2, 0.25) is 5.91 Å². The average Bonchev–Trinajstić information content (AvgIpc) is 2.25. The molecule has 2 atom stereocenters. The molecule has 0 aromatic heterocycles. The molecule has 0 aliphatic carbocycles. The molecule has 0 aromatic rings. The van der Waals surface area contributed by atoms with Crippen molar-refractivity contribution in [3.05, 3.63) is 0 Å². The van der Waals surface area contributed by atoms with Crippen molar-refractivity contribution in [2.24, 2.45) is 5.92 Å². The van der Waals surface area contributed by atoms with E-state index >= 15 is 0 Å². The standard InChI is InChI=1S/C13H26ClNO/c1-4-6-9-12(5-2)13(16)15-10-7-8-11(3)14/h11-12H,4-10H2,1-3H3,(H,15,16). The van der Waals surface area contributed by atoms with Gasteiger partial charge in [0, 0.05) is 17.8 Å². The fraction of sp³-hybridized carbons (Fsp3) is 0.923.